The number of benzene rings is 6. The number of nitrogens with zero attached hydrogens (tertiary/aromatic N) is 1. The van der Waals surface area contributed by atoms with E-state index in [0.717, 1.165) is 33.8 Å². The summed E-state index contributed by atoms with van der Waals surface area (Å²) in [5, 5.41) is 0. The van der Waals surface area contributed by atoms with Gasteiger partial charge in [-0.25, -0.2) is 0 Å². The van der Waals surface area contributed by atoms with Crippen LogP contribution >= 0.6 is 0 Å². The third-order valence-corrected chi connectivity index (χ3v) is 8.09. The van der Waals surface area contributed by atoms with Gasteiger partial charge in [0.2, 0.25) is 0 Å². The highest BCUT2D eigenvalue weighted by Gasteiger charge is 2.12. The van der Waals surface area contributed by atoms with E-state index in [0.29, 0.717) is 0 Å². The summed E-state index contributed by atoms with van der Waals surface area (Å²) in [4.78, 5) is 2.31. The maximum Gasteiger partial charge on any atom is 0.139 e. The third kappa shape index (κ3) is 8.17. The standard InChI is InChI=1S/C42H36B3N/c43-37-19-7-31(8-20-37)1-4-34-13-25-40(26-14-34)46(41-27-15-35(16-28-41)5-2-32-9-21-38(44)22-10-32)42-29-17-36(18-30-42)6-3-33-11-23-39(45)24-12-33/h1-30H,43-45H2/b4-1+,5-2+,6-3+. The lowest BCUT2D eigenvalue weighted by molar-refractivity contribution is 1.28. The molecule has 0 heterocycles. The van der Waals surface area contributed by atoms with E-state index in [9.17, 15) is 0 Å². The molecular formula is C42H36B3N. The topological polar surface area (TPSA) is 3.24 Å². The average molecular weight is 587 g/mol. The Morgan fingerprint density at radius 1 is 0.261 bits per heavy atom. The first kappa shape index (κ1) is 30.6. The van der Waals surface area contributed by atoms with E-state index in [1.165, 1.54) is 33.1 Å². The molecule has 0 aliphatic carbocycles. The van der Waals surface area contributed by atoms with E-state index in [1.54, 1.807) is 0 Å². The molecule has 46 heavy (non-hydrogen) atoms. The Hall–Kier alpha value is -5.47. The molecule has 218 valence electrons. The lowest BCUT2D eigenvalue weighted by Crippen LogP contribution is -2.09. The van der Waals surface area contributed by atoms with E-state index in [1.807, 2.05) is 0 Å². The molecule has 0 N–H and O–H groups in total. The molecule has 6 aromatic rings. The molecule has 0 spiro atoms. The van der Waals surface area contributed by atoms with Crippen LogP contribution in [0.3, 0.4) is 0 Å². The largest absolute Gasteiger partial charge is 0.311 e. The smallest absolute Gasteiger partial charge is 0.139 e. The molecule has 0 bridgehead atoms. The predicted molar refractivity (Wildman–Crippen MR) is 212 cm³/mol. The minimum Gasteiger partial charge on any atom is -0.311 e. The van der Waals surface area contributed by atoms with Crippen molar-refractivity contribution in [2.45, 2.75) is 0 Å². The van der Waals surface area contributed by atoms with Gasteiger partial charge in [-0.05, 0) is 69.8 Å². The van der Waals surface area contributed by atoms with Crippen LogP contribution in [0, 0.1) is 0 Å². The Morgan fingerprint density at radius 2 is 0.435 bits per heavy atom. The molecule has 1 nitrogen and oxygen atoms in total. The Balaban J connectivity index is 1.27. The Morgan fingerprint density at radius 3 is 0.630 bits per heavy atom. The number of hydrogen-bond acceptors (Lipinski definition) is 1. The monoisotopic (exact) mass is 587 g/mol. The van der Waals surface area contributed by atoms with E-state index >= 15 is 0 Å². The number of rotatable bonds is 9. The minimum absolute atomic E-state index is 1.11. The van der Waals surface area contributed by atoms with Gasteiger partial charge in [0.1, 0.15) is 23.5 Å². The fourth-order valence-corrected chi connectivity index (χ4v) is 5.26. The fourth-order valence-electron chi connectivity index (χ4n) is 5.26. The van der Waals surface area contributed by atoms with Crippen LogP contribution in [0.25, 0.3) is 36.5 Å². The maximum absolute atomic E-state index is 2.31. The molecule has 0 amide bonds. The summed E-state index contributed by atoms with van der Waals surface area (Å²) in [6.45, 7) is 0. The SMILES string of the molecule is Bc1ccc(/C=C/c2ccc(N(c3ccc(/C=C/c4ccc(B)cc4)cc3)c3ccc(/C=C/c4ccc(B)cc4)cc3)cc2)cc1. The maximum atomic E-state index is 2.31. The van der Waals surface area contributed by atoms with E-state index < -0.39 is 0 Å². The second kappa shape index (κ2) is 14.5. The number of anilines is 3. The second-order valence-corrected chi connectivity index (χ2v) is 11.8. The zero-order valence-electron chi connectivity index (χ0n) is 26.8. The van der Waals surface area contributed by atoms with Crippen molar-refractivity contribution in [3.8, 4) is 0 Å². The average Bonchev–Trinajstić information content (AvgIpc) is 3.09. The van der Waals surface area contributed by atoms with Gasteiger partial charge in [0.15, 0.2) is 0 Å². The third-order valence-electron chi connectivity index (χ3n) is 8.09. The first-order valence-corrected chi connectivity index (χ1v) is 15.8. The molecule has 6 rings (SSSR count). The van der Waals surface area contributed by atoms with Gasteiger partial charge in [0, 0.05) is 17.1 Å². The molecule has 4 heteroatoms. The van der Waals surface area contributed by atoms with Gasteiger partial charge in [-0.15, -0.1) is 0 Å². The normalized spacial score (nSPS) is 11.5. The quantitative estimate of drug-likeness (QED) is 0.139. The molecule has 0 radical (unpaired) electrons. The van der Waals surface area contributed by atoms with Crippen molar-refractivity contribution in [2.24, 2.45) is 0 Å². The van der Waals surface area contributed by atoms with Gasteiger partial charge in [0.05, 0.1) is 0 Å². The summed E-state index contributed by atoms with van der Waals surface area (Å²) in [7, 11) is 6.34. The summed E-state index contributed by atoms with van der Waals surface area (Å²) in [5.41, 5.74) is 14.2. The molecule has 6 aromatic carbocycles. The highest BCUT2D eigenvalue weighted by molar-refractivity contribution is 6.32. The van der Waals surface area contributed by atoms with Crippen LogP contribution in [0.15, 0.2) is 146 Å². The van der Waals surface area contributed by atoms with E-state index in [2.05, 4.69) is 210 Å². The first-order valence-electron chi connectivity index (χ1n) is 15.8. The molecule has 0 atom stereocenters. The van der Waals surface area contributed by atoms with Gasteiger partial charge in [-0.3, -0.25) is 0 Å². The molecule has 0 aliphatic rings. The van der Waals surface area contributed by atoms with Crippen molar-refractivity contribution in [3.05, 3.63) is 179 Å². The van der Waals surface area contributed by atoms with Crippen LogP contribution in [0.4, 0.5) is 17.1 Å². The van der Waals surface area contributed by atoms with Crippen molar-refractivity contribution in [1.82, 2.24) is 0 Å². The van der Waals surface area contributed by atoms with Crippen LogP contribution in [0.1, 0.15) is 33.4 Å². The van der Waals surface area contributed by atoms with E-state index in [4.69, 9.17) is 0 Å². The van der Waals surface area contributed by atoms with Crippen LogP contribution in [0.2, 0.25) is 0 Å². The minimum atomic E-state index is 1.11. The zero-order valence-corrected chi connectivity index (χ0v) is 26.8. The molecule has 0 saturated heterocycles. The molecule has 0 aromatic heterocycles. The second-order valence-electron chi connectivity index (χ2n) is 11.8. The summed E-state index contributed by atoms with van der Waals surface area (Å²) < 4.78 is 0. The van der Waals surface area contributed by atoms with Gasteiger partial charge >= 0.3 is 0 Å². The van der Waals surface area contributed by atoms with Crippen molar-refractivity contribution in [1.29, 1.82) is 0 Å². The lowest BCUT2D eigenvalue weighted by atomic mass is 9.95. The lowest BCUT2D eigenvalue weighted by Gasteiger charge is -2.26. The highest BCUT2D eigenvalue weighted by atomic mass is 15.1. The molecule has 0 saturated carbocycles. The van der Waals surface area contributed by atoms with Crippen LogP contribution in [-0.4, -0.2) is 23.5 Å². The van der Waals surface area contributed by atoms with Crippen LogP contribution in [-0.2, 0) is 0 Å². The molecule has 0 fully saturated rings. The van der Waals surface area contributed by atoms with Gasteiger partial charge in [-0.1, -0.05) is 162 Å². The predicted octanol–water partition coefficient (Wildman–Crippen LogP) is 6.44. The molecular weight excluding hydrogens is 551 g/mol. The molecule has 0 unspecified atom stereocenters. The van der Waals surface area contributed by atoms with Crippen molar-refractivity contribution < 1.29 is 0 Å². The van der Waals surface area contributed by atoms with E-state index in [-0.39, 0.29) is 0 Å². The highest BCUT2D eigenvalue weighted by Crippen LogP contribution is 2.35. The van der Waals surface area contributed by atoms with Gasteiger partial charge < -0.3 is 4.90 Å². The zero-order chi connectivity index (χ0) is 31.7. The fraction of sp³-hybridized carbons (Fsp3) is 0. The van der Waals surface area contributed by atoms with Gasteiger partial charge in [0.25, 0.3) is 0 Å². The van der Waals surface area contributed by atoms with Crippen LogP contribution < -0.4 is 21.3 Å². The van der Waals surface area contributed by atoms with Crippen LogP contribution in [0.5, 0.6) is 0 Å². The van der Waals surface area contributed by atoms with Gasteiger partial charge in [-0.2, -0.15) is 0 Å². The van der Waals surface area contributed by atoms with Crippen molar-refractivity contribution in [2.75, 3.05) is 4.90 Å². The number of hydrogen-bond donors (Lipinski definition) is 0. The Kier molecular flexibility index (Phi) is 9.66. The molecule has 0 aliphatic heterocycles. The van der Waals surface area contributed by atoms with Crippen molar-refractivity contribution in [3.63, 3.8) is 0 Å². The summed E-state index contributed by atoms with van der Waals surface area (Å²) in [5.74, 6) is 0. The van der Waals surface area contributed by atoms with Crippen molar-refractivity contribution >= 4 is 93.4 Å². The Labute approximate surface area is 276 Å². The first-order chi connectivity index (χ1) is 22.5. The summed E-state index contributed by atoms with van der Waals surface area (Å²) in [6, 6.07) is 52.1. The summed E-state index contributed by atoms with van der Waals surface area (Å²) in [6.07, 6.45) is 13.0. The summed E-state index contributed by atoms with van der Waals surface area (Å²) >= 11 is 0. The Bertz CT molecular complexity index is 1720.